The molecule has 0 aromatic heterocycles. The van der Waals surface area contributed by atoms with Crippen molar-refractivity contribution in [3.63, 3.8) is 0 Å². The number of morpholine rings is 1. The van der Waals surface area contributed by atoms with Gasteiger partial charge in [0.05, 0.1) is 25.3 Å². The SMILES string of the molecule is CCC(CC)C(CNC(=O)CNC(=O)c1ccc(F)cc1F)N1CCOCC1. The third-order valence-electron chi connectivity index (χ3n) is 5.20. The Bertz CT molecular complexity index is 662. The van der Waals surface area contributed by atoms with E-state index < -0.39 is 17.5 Å². The van der Waals surface area contributed by atoms with Gasteiger partial charge in [0, 0.05) is 31.7 Å². The summed E-state index contributed by atoms with van der Waals surface area (Å²) in [5, 5.41) is 5.24. The summed E-state index contributed by atoms with van der Waals surface area (Å²) in [7, 11) is 0. The summed E-state index contributed by atoms with van der Waals surface area (Å²) < 4.78 is 32.0. The summed E-state index contributed by atoms with van der Waals surface area (Å²) in [6.07, 6.45) is 2.02. The quantitative estimate of drug-likeness (QED) is 0.668. The second-order valence-electron chi connectivity index (χ2n) is 6.90. The molecule has 0 aliphatic carbocycles. The molecule has 28 heavy (non-hydrogen) atoms. The third kappa shape index (κ3) is 6.24. The van der Waals surface area contributed by atoms with Gasteiger partial charge in [-0.2, -0.15) is 0 Å². The van der Waals surface area contributed by atoms with Gasteiger partial charge in [-0.3, -0.25) is 14.5 Å². The highest BCUT2D eigenvalue weighted by Crippen LogP contribution is 2.19. The van der Waals surface area contributed by atoms with Crippen molar-refractivity contribution >= 4 is 11.8 Å². The molecule has 8 heteroatoms. The lowest BCUT2D eigenvalue weighted by atomic mass is 9.92. The van der Waals surface area contributed by atoms with E-state index >= 15 is 0 Å². The normalized spacial score (nSPS) is 16.0. The minimum atomic E-state index is -0.959. The molecule has 156 valence electrons. The van der Waals surface area contributed by atoms with Crippen molar-refractivity contribution in [1.29, 1.82) is 0 Å². The number of rotatable bonds is 9. The molecule has 1 aliphatic rings. The number of carbonyl (C=O) groups excluding carboxylic acids is 2. The Labute approximate surface area is 164 Å². The second-order valence-corrected chi connectivity index (χ2v) is 6.90. The fourth-order valence-corrected chi connectivity index (χ4v) is 3.55. The summed E-state index contributed by atoms with van der Waals surface area (Å²) in [5.74, 6) is -2.37. The average molecular weight is 397 g/mol. The number of carbonyl (C=O) groups is 2. The molecular formula is C20H29F2N3O3. The largest absolute Gasteiger partial charge is 0.379 e. The molecular weight excluding hydrogens is 368 g/mol. The molecule has 0 bridgehead atoms. The molecule has 1 atom stereocenters. The van der Waals surface area contributed by atoms with Gasteiger partial charge in [-0.25, -0.2) is 8.78 Å². The van der Waals surface area contributed by atoms with Crippen LogP contribution in [-0.2, 0) is 9.53 Å². The lowest BCUT2D eigenvalue weighted by Crippen LogP contribution is -2.52. The van der Waals surface area contributed by atoms with Crippen LogP contribution in [0.5, 0.6) is 0 Å². The van der Waals surface area contributed by atoms with Crippen LogP contribution < -0.4 is 10.6 Å². The van der Waals surface area contributed by atoms with E-state index in [-0.39, 0.29) is 24.1 Å². The number of hydrogen-bond donors (Lipinski definition) is 2. The maximum atomic E-state index is 13.6. The summed E-state index contributed by atoms with van der Waals surface area (Å²) in [5.41, 5.74) is -0.294. The molecule has 1 unspecified atom stereocenters. The van der Waals surface area contributed by atoms with Crippen molar-refractivity contribution in [2.45, 2.75) is 32.7 Å². The number of halogens is 2. The van der Waals surface area contributed by atoms with Gasteiger partial charge in [-0.05, 0) is 18.1 Å². The minimum absolute atomic E-state index is 0.202. The van der Waals surface area contributed by atoms with Gasteiger partial charge >= 0.3 is 0 Å². The van der Waals surface area contributed by atoms with Crippen molar-refractivity contribution in [2.24, 2.45) is 5.92 Å². The maximum Gasteiger partial charge on any atom is 0.254 e. The van der Waals surface area contributed by atoms with Gasteiger partial charge in [0.2, 0.25) is 5.91 Å². The molecule has 1 fully saturated rings. The number of hydrogen-bond acceptors (Lipinski definition) is 4. The van der Waals surface area contributed by atoms with Gasteiger partial charge < -0.3 is 15.4 Å². The monoisotopic (exact) mass is 397 g/mol. The molecule has 0 saturated carbocycles. The van der Waals surface area contributed by atoms with Crippen LogP contribution in [0, 0.1) is 17.6 Å². The highest BCUT2D eigenvalue weighted by Gasteiger charge is 2.27. The smallest absolute Gasteiger partial charge is 0.254 e. The number of nitrogens with zero attached hydrogens (tertiary/aromatic N) is 1. The van der Waals surface area contributed by atoms with Gasteiger partial charge in [-0.1, -0.05) is 26.7 Å². The zero-order chi connectivity index (χ0) is 20.5. The summed E-state index contributed by atoms with van der Waals surface area (Å²) >= 11 is 0. The Morgan fingerprint density at radius 1 is 1.14 bits per heavy atom. The number of nitrogens with one attached hydrogen (secondary N) is 2. The molecule has 0 radical (unpaired) electrons. The molecule has 2 amide bonds. The first-order chi connectivity index (χ1) is 13.5. The predicted molar refractivity (Wildman–Crippen MR) is 102 cm³/mol. The number of ether oxygens (including phenoxy) is 1. The van der Waals surface area contributed by atoms with E-state index in [2.05, 4.69) is 29.4 Å². The molecule has 2 rings (SSSR count). The molecule has 1 aliphatic heterocycles. The first-order valence-corrected chi connectivity index (χ1v) is 9.78. The third-order valence-corrected chi connectivity index (χ3v) is 5.20. The minimum Gasteiger partial charge on any atom is -0.379 e. The van der Waals surface area contributed by atoms with E-state index in [1.54, 1.807) is 0 Å². The van der Waals surface area contributed by atoms with Crippen LogP contribution in [0.2, 0.25) is 0 Å². The van der Waals surface area contributed by atoms with Crippen LogP contribution in [0.3, 0.4) is 0 Å². The molecule has 1 saturated heterocycles. The van der Waals surface area contributed by atoms with Crippen LogP contribution in [0.15, 0.2) is 18.2 Å². The van der Waals surface area contributed by atoms with Crippen molar-refractivity contribution in [2.75, 3.05) is 39.4 Å². The van der Waals surface area contributed by atoms with E-state index in [9.17, 15) is 18.4 Å². The summed E-state index contributed by atoms with van der Waals surface area (Å²) in [6, 6.07) is 2.89. The Morgan fingerprint density at radius 3 is 2.43 bits per heavy atom. The summed E-state index contributed by atoms with van der Waals surface area (Å²) in [4.78, 5) is 26.5. The maximum absolute atomic E-state index is 13.6. The van der Waals surface area contributed by atoms with Crippen LogP contribution in [-0.4, -0.2) is 62.1 Å². The van der Waals surface area contributed by atoms with E-state index in [0.29, 0.717) is 31.7 Å². The molecule has 0 spiro atoms. The topological polar surface area (TPSA) is 70.7 Å². The van der Waals surface area contributed by atoms with Crippen molar-refractivity contribution in [1.82, 2.24) is 15.5 Å². The first-order valence-electron chi connectivity index (χ1n) is 9.78. The highest BCUT2D eigenvalue weighted by atomic mass is 19.1. The van der Waals surface area contributed by atoms with Crippen molar-refractivity contribution in [3.8, 4) is 0 Å². The average Bonchev–Trinajstić information content (AvgIpc) is 2.70. The lowest BCUT2D eigenvalue weighted by Gasteiger charge is -2.38. The Morgan fingerprint density at radius 2 is 1.82 bits per heavy atom. The first kappa shape index (κ1) is 22.2. The zero-order valence-corrected chi connectivity index (χ0v) is 16.5. The second kappa shape index (κ2) is 11.1. The molecule has 1 aromatic rings. The predicted octanol–water partition coefficient (Wildman–Crippen LogP) is 1.95. The fraction of sp³-hybridized carbons (Fsp3) is 0.600. The van der Waals surface area contributed by atoms with Crippen LogP contribution >= 0.6 is 0 Å². The molecule has 6 nitrogen and oxygen atoms in total. The Kier molecular flexibility index (Phi) is 8.79. The van der Waals surface area contributed by atoms with E-state index in [1.807, 2.05) is 0 Å². The Balaban J connectivity index is 1.86. The number of benzene rings is 1. The fourth-order valence-electron chi connectivity index (χ4n) is 3.55. The van der Waals surface area contributed by atoms with Gasteiger partial charge in [-0.15, -0.1) is 0 Å². The van der Waals surface area contributed by atoms with Crippen LogP contribution in [0.4, 0.5) is 8.78 Å². The molecule has 1 heterocycles. The lowest BCUT2D eigenvalue weighted by molar-refractivity contribution is -0.120. The van der Waals surface area contributed by atoms with Crippen molar-refractivity contribution in [3.05, 3.63) is 35.4 Å². The molecule has 1 aromatic carbocycles. The molecule has 2 N–H and O–H groups in total. The Hall–Kier alpha value is -2.06. The standard InChI is InChI=1S/C20H29F2N3O3/c1-3-14(4-2)18(25-7-9-28-10-8-25)12-23-19(26)13-24-20(27)16-6-5-15(21)11-17(16)22/h5-6,11,14,18H,3-4,7-10,12-13H2,1-2H3,(H,23,26)(H,24,27). The van der Waals surface area contributed by atoms with E-state index in [4.69, 9.17) is 4.74 Å². The number of amides is 2. The van der Waals surface area contributed by atoms with Crippen LogP contribution in [0.1, 0.15) is 37.0 Å². The van der Waals surface area contributed by atoms with E-state index in [1.165, 1.54) is 0 Å². The van der Waals surface area contributed by atoms with Crippen molar-refractivity contribution < 1.29 is 23.1 Å². The highest BCUT2D eigenvalue weighted by molar-refractivity contribution is 5.96. The summed E-state index contributed by atoms with van der Waals surface area (Å²) in [6.45, 7) is 7.52. The van der Waals surface area contributed by atoms with Gasteiger partial charge in [0.1, 0.15) is 11.6 Å². The van der Waals surface area contributed by atoms with Gasteiger partial charge in [0.15, 0.2) is 0 Å². The van der Waals surface area contributed by atoms with Crippen LogP contribution in [0.25, 0.3) is 0 Å². The van der Waals surface area contributed by atoms with E-state index in [0.717, 1.165) is 38.1 Å². The van der Waals surface area contributed by atoms with Gasteiger partial charge in [0.25, 0.3) is 5.91 Å². The zero-order valence-electron chi connectivity index (χ0n) is 16.5.